The molecule has 0 radical (unpaired) electrons. The highest BCUT2D eigenvalue weighted by molar-refractivity contribution is 5.94. The number of unbranched alkanes of at least 4 members (excludes halogenated alkanes) is 1. The highest BCUT2D eigenvalue weighted by Gasteiger charge is 2.21. The lowest BCUT2D eigenvalue weighted by atomic mass is 9.94. The number of amides is 2. The number of rotatable bonds is 9. The molecule has 2 amide bonds. The normalized spacial score (nSPS) is 12.9. The SMILES string of the molecule is CCCCNC(=O)c1ccc(CNC(=O)C(C)C(N)c2ccccc2)cc1. The van der Waals surface area contributed by atoms with Crippen molar-refractivity contribution in [2.24, 2.45) is 11.7 Å². The van der Waals surface area contributed by atoms with Gasteiger partial charge >= 0.3 is 0 Å². The molecule has 2 rings (SSSR count). The Kier molecular flexibility index (Phi) is 8.01. The van der Waals surface area contributed by atoms with Crippen LogP contribution in [0.25, 0.3) is 0 Å². The maximum atomic E-state index is 12.4. The average Bonchev–Trinajstić information content (AvgIpc) is 2.72. The van der Waals surface area contributed by atoms with Crippen molar-refractivity contribution in [3.05, 3.63) is 71.3 Å². The van der Waals surface area contributed by atoms with E-state index < -0.39 is 0 Å². The van der Waals surface area contributed by atoms with Crippen molar-refractivity contribution in [3.63, 3.8) is 0 Å². The van der Waals surface area contributed by atoms with Crippen molar-refractivity contribution in [1.29, 1.82) is 0 Å². The van der Waals surface area contributed by atoms with Crippen LogP contribution in [0.4, 0.5) is 0 Å². The van der Waals surface area contributed by atoms with Crippen LogP contribution in [0, 0.1) is 5.92 Å². The third-order valence-electron chi connectivity index (χ3n) is 4.64. The first-order valence-corrected chi connectivity index (χ1v) is 9.48. The van der Waals surface area contributed by atoms with Crippen LogP contribution in [-0.2, 0) is 11.3 Å². The molecule has 2 aromatic carbocycles. The monoisotopic (exact) mass is 367 g/mol. The smallest absolute Gasteiger partial charge is 0.251 e. The maximum Gasteiger partial charge on any atom is 0.251 e. The van der Waals surface area contributed by atoms with E-state index in [9.17, 15) is 9.59 Å². The topological polar surface area (TPSA) is 84.2 Å². The molecule has 144 valence electrons. The molecule has 0 aliphatic heterocycles. The van der Waals surface area contributed by atoms with E-state index in [0.717, 1.165) is 24.0 Å². The molecule has 0 bridgehead atoms. The van der Waals surface area contributed by atoms with Gasteiger partial charge < -0.3 is 16.4 Å². The summed E-state index contributed by atoms with van der Waals surface area (Å²) in [6.07, 6.45) is 2.02. The van der Waals surface area contributed by atoms with Gasteiger partial charge in [0.2, 0.25) is 5.91 Å². The second-order valence-corrected chi connectivity index (χ2v) is 6.75. The quantitative estimate of drug-likeness (QED) is 0.595. The van der Waals surface area contributed by atoms with Gasteiger partial charge in [-0.05, 0) is 29.7 Å². The lowest BCUT2D eigenvalue weighted by Gasteiger charge is -2.20. The van der Waals surface area contributed by atoms with Crippen molar-refractivity contribution in [2.75, 3.05) is 6.54 Å². The van der Waals surface area contributed by atoms with Crippen molar-refractivity contribution < 1.29 is 9.59 Å². The molecular formula is C22H29N3O2. The number of hydrogen-bond donors (Lipinski definition) is 3. The lowest BCUT2D eigenvalue weighted by Crippen LogP contribution is -2.35. The van der Waals surface area contributed by atoms with Gasteiger partial charge in [0.25, 0.3) is 5.91 Å². The number of hydrogen-bond acceptors (Lipinski definition) is 3. The first-order chi connectivity index (χ1) is 13.0. The predicted octanol–water partition coefficient (Wildman–Crippen LogP) is 3.17. The van der Waals surface area contributed by atoms with Gasteiger partial charge in [-0.1, -0.05) is 62.7 Å². The van der Waals surface area contributed by atoms with E-state index in [1.54, 1.807) is 12.1 Å². The average molecular weight is 367 g/mol. The molecule has 0 saturated carbocycles. The predicted molar refractivity (Wildman–Crippen MR) is 108 cm³/mol. The van der Waals surface area contributed by atoms with Crippen molar-refractivity contribution in [2.45, 2.75) is 39.3 Å². The van der Waals surface area contributed by atoms with Crippen LogP contribution in [0.3, 0.4) is 0 Å². The zero-order valence-electron chi connectivity index (χ0n) is 16.1. The van der Waals surface area contributed by atoms with Gasteiger partial charge in [-0.3, -0.25) is 9.59 Å². The molecule has 0 aliphatic rings. The zero-order valence-corrected chi connectivity index (χ0v) is 16.1. The summed E-state index contributed by atoms with van der Waals surface area (Å²) in [5, 5.41) is 5.81. The Hall–Kier alpha value is -2.66. The summed E-state index contributed by atoms with van der Waals surface area (Å²) in [5.41, 5.74) is 8.71. The van der Waals surface area contributed by atoms with E-state index in [2.05, 4.69) is 17.6 Å². The largest absolute Gasteiger partial charge is 0.352 e. The molecular weight excluding hydrogens is 338 g/mol. The fraction of sp³-hybridized carbons (Fsp3) is 0.364. The Bertz CT molecular complexity index is 729. The van der Waals surface area contributed by atoms with Crippen LogP contribution in [-0.4, -0.2) is 18.4 Å². The van der Waals surface area contributed by atoms with Crippen LogP contribution in [0.1, 0.15) is 54.2 Å². The van der Waals surface area contributed by atoms with Crippen LogP contribution in [0.15, 0.2) is 54.6 Å². The molecule has 4 N–H and O–H groups in total. The summed E-state index contributed by atoms with van der Waals surface area (Å²) >= 11 is 0. The van der Waals surface area contributed by atoms with Crippen LogP contribution in [0.2, 0.25) is 0 Å². The lowest BCUT2D eigenvalue weighted by molar-refractivity contribution is -0.125. The zero-order chi connectivity index (χ0) is 19.6. The Morgan fingerprint density at radius 2 is 1.67 bits per heavy atom. The molecule has 5 heteroatoms. The summed E-state index contributed by atoms with van der Waals surface area (Å²) in [4.78, 5) is 24.4. The van der Waals surface area contributed by atoms with Crippen LogP contribution in [0.5, 0.6) is 0 Å². The van der Waals surface area contributed by atoms with Crippen molar-refractivity contribution in [1.82, 2.24) is 10.6 Å². The standard InChI is InChI=1S/C22H29N3O2/c1-3-4-14-24-22(27)19-12-10-17(11-13-19)15-25-21(26)16(2)20(23)18-8-6-5-7-9-18/h5-13,16,20H,3-4,14-15,23H2,1-2H3,(H,24,27)(H,25,26). The number of nitrogens with two attached hydrogens (primary N) is 1. The number of nitrogens with one attached hydrogen (secondary N) is 2. The minimum atomic E-state index is -0.347. The Morgan fingerprint density at radius 1 is 1.00 bits per heavy atom. The van der Waals surface area contributed by atoms with Crippen LogP contribution >= 0.6 is 0 Å². The molecule has 27 heavy (non-hydrogen) atoms. The Morgan fingerprint density at radius 3 is 2.30 bits per heavy atom. The van der Waals surface area contributed by atoms with E-state index in [4.69, 9.17) is 5.73 Å². The maximum absolute atomic E-state index is 12.4. The molecule has 0 spiro atoms. The number of carbonyl (C=O) groups is 2. The minimum absolute atomic E-state index is 0.0681. The fourth-order valence-corrected chi connectivity index (χ4v) is 2.73. The second kappa shape index (κ2) is 10.5. The van der Waals surface area contributed by atoms with Gasteiger partial charge in [-0.2, -0.15) is 0 Å². The molecule has 5 nitrogen and oxygen atoms in total. The fourth-order valence-electron chi connectivity index (χ4n) is 2.73. The molecule has 0 aliphatic carbocycles. The third kappa shape index (κ3) is 6.22. The summed E-state index contributed by atoms with van der Waals surface area (Å²) in [6, 6.07) is 16.5. The van der Waals surface area contributed by atoms with Crippen molar-refractivity contribution in [3.8, 4) is 0 Å². The van der Waals surface area contributed by atoms with Crippen LogP contribution < -0.4 is 16.4 Å². The summed E-state index contributed by atoms with van der Waals surface area (Å²) < 4.78 is 0. The van der Waals surface area contributed by atoms with Gasteiger partial charge in [-0.15, -0.1) is 0 Å². The summed E-state index contributed by atoms with van der Waals surface area (Å²) in [7, 11) is 0. The van der Waals surface area contributed by atoms with E-state index in [-0.39, 0.29) is 23.8 Å². The van der Waals surface area contributed by atoms with E-state index in [0.29, 0.717) is 18.7 Å². The van der Waals surface area contributed by atoms with Gasteiger partial charge in [0.1, 0.15) is 0 Å². The number of carbonyl (C=O) groups excluding carboxylic acids is 2. The third-order valence-corrected chi connectivity index (χ3v) is 4.64. The second-order valence-electron chi connectivity index (χ2n) is 6.75. The van der Waals surface area contributed by atoms with E-state index in [1.807, 2.05) is 49.4 Å². The first kappa shape index (κ1) is 20.6. The molecule has 0 fully saturated rings. The summed E-state index contributed by atoms with van der Waals surface area (Å²) in [6.45, 7) is 5.01. The Labute approximate surface area is 161 Å². The molecule has 0 saturated heterocycles. The minimum Gasteiger partial charge on any atom is -0.352 e. The van der Waals surface area contributed by atoms with Crippen molar-refractivity contribution >= 4 is 11.8 Å². The number of benzene rings is 2. The highest BCUT2D eigenvalue weighted by Crippen LogP contribution is 2.19. The van der Waals surface area contributed by atoms with Gasteiger partial charge in [0.05, 0.1) is 5.92 Å². The molecule has 0 aromatic heterocycles. The van der Waals surface area contributed by atoms with Gasteiger partial charge in [0.15, 0.2) is 0 Å². The van der Waals surface area contributed by atoms with Gasteiger partial charge in [-0.25, -0.2) is 0 Å². The first-order valence-electron chi connectivity index (χ1n) is 9.48. The van der Waals surface area contributed by atoms with Gasteiger partial charge in [0, 0.05) is 24.7 Å². The molecule has 2 atom stereocenters. The van der Waals surface area contributed by atoms with E-state index >= 15 is 0 Å². The highest BCUT2D eigenvalue weighted by atomic mass is 16.2. The molecule has 2 aromatic rings. The summed E-state index contributed by atoms with van der Waals surface area (Å²) in [5.74, 6) is -0.495. The molecule has 2 unspecified atom stereocenters. The van der Waals surface area contributed by atoms with E-state index in [1.165, 1.54) is 0 Å². The Balaban J connectivity index is 1.85. The molecule has 0 heterocycles.